The van der Waals surface area contributed by atoms with E-state index < -0.39 is 0 Å². The lowest BCUT2D eigenvalue weighted by Gasteiger charge is -2.33. The lowest BCUT2D eigenvalue weighted by Crippen LogP contribution is -2.52. The molecular weight excluding hydrogens is 214 g/mol. The molecule has 0 saturated carbocycles. The number of nitrogens with one attached hydrogen (secondary N) is 2. The van der Waals surface area contributed by atoms with Gasteiger partial charge in [-0.05, 0) is 18.8 Å². The molecule has 1 aliphatic rings. The van der Waals surface area contributed by atoms with Crippen LogP contribution in [0.25, 0.3) is 0 Å². The Morgan fingerprint density at radius 2 is 2.18 bits per heavy atom. The number of nitrogens with zero attached hydrogens (tertiary/aromatic N) is 1. The van der Waals surface area contributed by atoms with Crippen LogP contribution in [0.15, 0.2) is 0 Å². The van der Waals surface area contributed by atoms with Crippen molar-refractivity contribution in [3.63, 3.8) is 0 Å². The smallest absolute Gasteiger partial charge is 0.234 e. The molecule has 0 aromatic carbocycles. The first-order chi connectivity index (χ1) is 7.88. The Morgan fingerprint density at radius 1 is 1.47 bits per heavy atom. The Kier molecular flexibility index (Phi) is 5.40. The molecule has 1 saturated heterocycles. The maximum absolute atomic E-state index is 11.8. The van der Waals surface area contributed by atoms with E-state index in [1.165, 1.54) is 0 Å². The van der Waals surface area contributed by atoms with Crippen molar-refractivity contribution >= 4 is 5.91 Å². The van der Waals surface area contributed by atoms with Gasteiger partial charge in [-0.25, -0.2) is 0 Å². The van der Waals surface area contributed by atoms with Gasteiger partial charge in [-0.15, -0.1) is 0 Å². The molecule has 1 amide bonds. The molecule has 4 nitrogen and oxygen atoms in total. The van der Waals surface area contributed by atoms with Crippen LogP contribution in [0.2, 0.25) is 0 Å². The number of hydrogen-bond donors (Lipinski definition) is 2. The number of carbonyl (C=O) groups is 1. The summed E-state index contributed by atoms with van der Waals surface area (Å²) in [5.74, 6) is 0.156. The van der Waals surface area contributed by atoms with Gasteiger partial charge >= 0.3 is 0 Å². The SMILES string of the molecule is C[C@@H]1CNCCN1CC(=O)NCCC(C)(C)C. The third-order valence-electron chi connectivity index (χ3n) is 3.18. The summed E-state index contributed by atoms with van der Waals surface area (Å²) in [7, 11) is 0. The summed E-state index contributed by atoms with van der Waals surface area (Å²) < 4.78 is 0. The van der Waals surface area contributed by atoms with E-state index in [1.807, 2.05) is 0 Å². The minimum Gasteiger partial charge on any atom is -0.355 e. The van der Waals surface area contributed by atoms with E-state index in [4.69, 9.17) is 0 Å². The largest absolute Gasteiger partial charge is 0.355 e. The highest BCUT2D eigenvalue weighted by atomic mass is 16.2. The lowest BCUT2D eigenvalue weighted by molar-refractivity contribution is -0.123. The minimum atomic E-state index is 0.156. The van der Waals surface area contributed by atoms with Gasteiger partial charge in [-0.1, -0.05) is 20.8 Å². The fraction of sp³-hybridized carbons (Fsp3) is 0.923. The highest BCUT2D eigenvalue weighted by Crippen LogP contribution is 2.16. The summed E-state index contributed by atoms with van der Waals surface area (Å²) in [6, 6.07) is 0.456. The third-order valence-corrected chi connectivity index (χ3v) is 3.18. The van der Waals surface area contributed by atoms with Crippen LogP contribution >= 0.6 is 0 Å². The summed E-state index contributed by atoms with van der Waals surface area (Å²) in [5, 5.41) is 6.33. The summed E-state index contributed by atoms with van der Waals surface area (Å²) in [4.78, 5) is 14.0. The number of amides is 1. The van der Waals surface area contributed by atoms with Crippen molar-refractivity contribution in [2.24, 2.45) is 5.41 Å². The molecule has 0 aromatic heterocycles. The molecular formula is C13H27N3O. The fourth-order valence-electron chi connectivity index (χ4n) is 1.94. The van der Waals surface area contributed by atoms with E-state index in [9.17, 15) is 4.79 Å². The standard InChI is InChI=1S/C13H27N3O/c1-11-9-14-7-8-16(11)10-12(17)15-6-5-13(2,3)4/h11,14H,5-10H2,1-4H3,(H,15,17)/t11-/m1/s1. The molecule has 0 radical (unpaired) electrons. The zero-order valence-corrected chi connectivity index (χ0v) is 11.7. The van der Waals surface area contributed by atoms with Gasteiger partial charge in [-0.3, -0.25) is 9.69 Å². The van der Waals surface area contributed by atoms with Crippen molar-refractivity contribution in [2.45, 2.75) is 40.2 Å². The number of piperazine rings is 1. The maximum atomic E-state index is 11.8. The van der Waals surface area contributed by atoms with Crippen LogP contribution in [0, 0.1) is 5.41 Å². The van der Waals surface area contributed by atoms with Crippen molar-refractivity contribution in [2.75, 3.05) is 32.7 Å². The first-order valence-corrected chi connectivity index (χ1v) is 6.60. The molecule has 0 bridgehead atoms. The van der Waals surface area contributed by atoms with Crippen LogP contribution in [-0.2, 0) is 4.79 Å². The highest BCUT2D eigenvalue weighted by Gasteiger charge is 2.20. The van der Waals surface area contributed by atoms with Crippen LogP contribution in [0.3, 0.4) is 0 Å². The summed E-state index contributed by atoms with van der Waals surface area (Å²) in [6.07, 6.45) is 1.02. The molecule has 1 rings (SSSR count). The van der Waals surface area contributed by atoms with E-state index in [1.54, 1.807) is 0 Å². The van der Waals surface area contributed by atoms with E-state index in [2.05, 4.69) is 43.2 Å². The molecule has 1 heterocycles. The van der Waals surface area contributed by atoms with E-state index in [0.717, 1.165) is 32.6 Å². The van der Waals surface area contributed by atoms with Crippen molar-refractivity contribution in [1.82, 2.24) is 15.5 Å². The van der Waals surface area contributed by atoms with Crippen LogP contribution in [0.4, 0.5) is 0 Å². The summed E-state index contributed by atoms with van der Waals surface area (Å²) in [5.41, 5.74) is 0.287. The Balaban J connectivity index is 2.20. The van der Waals surface area contributed by atoms with Gasteiger partial charge in [0.2, 0.25) is 5.91 Å². The van der Waals surface area contributed by atoms with Gasteiger partial charge in [0.15, 0.2) is 0 Å². The molecule has 1 fully saturated rings. The van der Waals surface area contributed by atoms with E-state index in [-0.39, 0.29) is 11.3 Å². The first-order valence-electron chi connectivity index (χ1n) is 6.60. The average Bonchev–Trinajstić information content (AvgIpc) is 2.19. The Bertz CT molecular complexity index is 248. The molecule has 17 heavy (non-hydrogen) atoms. The second-order valence-electron chi connectivity index (χ2n) is 6.18. The zero-order chi connectivity index (χ0) is 12.9. The second kappa shape index (κ2) is 6.36. The van der Waals surface area contributed by atoms with Crippen LogP contribution in [0.1, 0.15) is 34.1 Å². The number of rotatable bonds is 4. The van der Waals surface area contributed by atoms with Gasteiger partial charge in [0, 0.05) is 32.2 Å². The quantitative estimate of drug-likeness (QED) is 0.766. The number of hydrogen-bond acceptors (Lipinski definition) is 3. The highest BCUT2D eigenvalue weighted by molar-refractivity contribution is 5.78. The number of carbonyl (C=O) groups excluding carboxylic acids is 1. The van der Waals surface area contributed by atoms with E-state index in [0.29, 0.717) is 12.6 Å². The molecule has 0 aromatic rings. The second-order valence-corrected chi connectivity index (χ2v) is 6.18. The van der Waals surface area contributed by atoms with Gasteiger partial charge < -0.3 is 10.6 Å². The molecule has 100 valence electrons. The van der Waals surface area contributed by atoms with E-state index >= 15 is 0 Å². The Labute approximate surface area is 105 Å². The monoisotopic (exact) mass is 241 g/mol. The first kappa shape index (κ1) is 14.5. The van der Waals surface area contributed by atoms with Gasteiger partial charge in [0.1, 0.15) is 0 Å². The molecule has 0 aliphatic carbocycles. The Hall–Kier alpha value is -0.610. The predicted octanol–water partition coefficient (Wildman–Crippen LogP) is 0.833. The van der Waals surface area contributed by atoms with Crippen molar-refractivity contribution in [3.8, 4) is 0 Å². The molecule has 0 spiro atoms. The molecule has 2 N–H and O–H groups in total. The van der Waals surface area contributed by atoms with Crippen LogP contribution < -0.4 is 10.6 Å². The van der Waals surface area contributed by atoms with Crippen molar-refractivity contribution < 1.29 is 4.79 Å². The fourth-order valence-corrected chi connectivity index (χ4v) is 1.94. The maximum Gasteiger partial charge on any atom is 0.234 e. The minimum absolute atomic E-state index is 0.156. The average molecular weight is 241 g/mol. The van der Waals surface area contributed by atoms with Crippen molar-refractivity contribution in [3.05, 3.63) is 0 Å². The van der Waals surface area contributed by atoms with Crippen LogP contribution in [0.5, 0.6) is 0 Å². The topological polar surface area (TPSA) is 44.4 Å². The zero-order valence-electron chi connectivity index (χ0n) is 11.7. The summed E-state index contributed by atoms with van der Waals surface area (Å²) in [6.45, 7) is 13.0. The predicted molar refractivity (Wildman–Crippen MR) is 71.0 cm³/mol. The normalized spacial score (nSPS) is 22.5. The van der Waals surface area contributed by atoms with Gasteiger partial charge in [-0.2, -0.15) is 0 Å². The lowest BCUT2D eigenvalue weighted by atomic mass is 9.92. The molecule has 1 aliphatic heterocycles. The molecule has 1 atom stereocenters. The summed E-state index contributed by atoms with van der Waals surface area (Å²) >= 11 is 0. The van der Waals surface area contributed by atoms with Crippen LogP contribution in [-0.4, -0.2) is 49.6 Å². The third kappa shape index (κ3) is 6.03. The molecule has 0 unspecified atom stereocenters. The van der Waals surface area contributed by atoms with Gasteiger partial charge in [0.25, 0.3) is 0 Å². The Morgan fingerprint density at radius 3 is 2.76 bits per heavy atom. The molecule has 4 heteroatoms. The van der Waals surface area contributed by atoms with Gasteiger partial charge in [0.05, 0.1) is 6.54 Å². The van der Waals surface area contributed by atoms with Crippen molar-refractivity contribution in [1.29, 1.82) is 0 Å².